The molecular formula is C24H24FN3O2. The van der Waals surface area contributed by atoms with Crippen molar-refractivity contribution in [1.29, 1.82) is 0 Å². The van der Waals surface area contributed by atoms with Crippen molar-refractivity contribution < 1.29 is 14.0 Å². The van der Waals surface area contributed by atoms with Gasteiger partial charge < -0.3 is 10.6 Å². The monoisotopic (exact) mass is 405 g/mol. The second-order valence-corrected chi connectivity index (χ2v) is 7.41. The van der Waals surface area contributed by atoms with E-state index in [1.165, 1.54) is 24.3 Å². The van der Waals surface area contributed by atoms with E-state index in [1.54, 1.807) is 18.3 Å². The minimum absolute atomic E-state index is 0.103. The van der Waals surface area contributed by atoms with Crippen LogP contribution in [0.1, 0.15) is 41.0 Å². The molecule has 0 aliphatic carbocycles. The summed E-state index contributed by atoms with van der Waals surface area (Å²) in [5.74, 6) is 0.0502. The van der Waals surface area contributed by atoms with Crippen molar-refractivity contribution in [2.75, 3.05) is 11.9 Å². The Morgan fingerprint density at radius 2 is 1.70 bits per heavy atom. The van der Waals surface area contributed by atoms with Crippen molar-refractivity contribution in [3.05, 3.63) is 83.8 Å². The maximum Gasteiger partial charge on any atom is 0.256 e. The van der Waals surface area contributed by atoms with Crippen LogP contribution in [0.3, 0.4) is 0 Å². The SMILES string of the molecule is CC(C)CCNC(=O)c1cccc(-c2ccc(NC(=O)c3ccc(F)cc3)nc2)c1. The summed E-state index contributed by atoms with van der Waals surface area (Å²) in [4.78, 5) is 28.8. The van der Waals surface area contributed by atoms with Crippen LogP contribution < -0.4 is 10.6 Å². The number of nitrogens with zero attached hydrogens (tertiary/aromatic N) is 1. The summed E-state index contributed by atoms with van der Waals surface area (Å²) in [6.07, 6.45) is 2.57. The Morgan fingerprint density at radius 3 is 2.37 bits per heavy atom. The van der Waals surface area contributed by atoms with Crippen LogP contribution in [-0.4, -0.2) is 23.3 Å². The topological polar surface area (TPSA) is 71.1 Å². The number of amides is 2. The summed E-state index contributed by atoms with van der Waals surface area (Å²) < 4.78 is 13.0. The lowest BCUT2D eigenvalue weighted by atomic mass is 10.0. The zero-order valence-corrected chi connectivity index (χ0v) is 17.0. The molecule has 2 aromatic carbocycles. The molecule has 154 valence electrons. The molecule has 0 saturated heterocycles. The summed E-state index contributed by atoms with van der Waals surface area (Å²) >= 11 is 0. The number of nitrogens with one attached hydrogen (secondary N) is 2. The lowest BCUT2D eigenvalue weighted by Crippen LogP contribution is -2.25. The van der Waals surface area contributed by atoms with Crippen molar-refractivity contribution in [3.63, 3.8) is 0 Å². The van der Waals surface area contributed by atoms with Gasteiger partial charge in [-0.15, -0.1) is 0 Å². The predicted octanol–water partition coefficient (Wildman–Crippen LogP) is 4.92. The number of rotatable bonds is 7. The molecule has 0 unspecified atom stereocenters. The van der Waals surface area contributed by atoms with Gasteiger partial charge in [0.05, 0.1) is 0 Å². The summed E-state index contributed by atoms with van der Waals surface area (Å²) in [7, 11) is 0. The van der Waals surface area contributed by atoms with Gasteiger partial charge in [-0.25, -0.2) is 9.37 Å². The number of hydrogen-bond acceptors (Lipinski definition) is 3. The molecule has 0 spiro atoms. The van der Waals surface area contributed by atoms with Crippen LogP contribution in [-0.2, 0) is 0 Å². The summed E-state index contributed by atoms with van der Waals surface area (Å²) in [5.41, 5.74) is 2.62. The molecule has 1 aromatic heterocycles. The lowest BCUT2D eigenvalue weighted by Gasteiger charge is -2.09. The molecule has 0 atom stereocenters. The van der Waals surface area contributed by atoms with E-state index in [0.717, 1.165) is 17.5 Å². The van der Waals surface area contributed by atoms with E-state index in [4.69, 9.17) is 0 Å². The van der Waals surface area contributed by atoms with Gasteiger partial charge in [0, 0.05) is 29.4 Å². The number of hydrogen-bond donors (Lipinski definition) is 2. The Labute approximate surface area is 175 Å². The summed E-state index contributed by atoms with van der Waals surface area (Å²) in [5, 5.41) is 5.61. The standard InChI is InChI=1S/C24H24FN3O2/c1-16(2)12-13-26-23(29)19-5-3-4-18(14-19)20-8-11-22(27-15-20)28-24(30)17-6-9-21(25)10-7-17/h3-11,14-16H,12-13H2,1-2H3,(H,26,29)(H,27,28,30). The smallest absolute Gasteiger partial charge is 0.256 e. The van der Waals surface area contributed by atoms with Gasteiger partial charge in [-0.05, 0) is 66.4 Å². The highest BCUT2D eigenvalue weighted by atomic mass is 19.1. The third kappa shape index (κ3) is 5.73. The first-order valence-corrected chi connectivity index (χ1v) is 9.84. The maximum atomic E-state index is 13.0. The van der Waals surface area contributed by atoms with Crippen molar-refractivity contribution >= 4 is 17.6 Å². The molecule has 0 aliphatic heterocycles. The first kappa shape index (κ1) is 21.2. The third-order valence-corrected chi connectivity index (χ3v) is 4.58. The average Bonchev–Trinajstić information content (AvgIpc) is 2.74. The van der Waals surface area contributed by atoms with Gasteiger partial charge in [0.15, 0.2) is 0 Å². The zero-order chi connectivity index (χ0) is 21.5. The maximum absolute atomic E-state index is 13.0. The predicted molar refractivity (Wildman–Crippen MR) is 116 cm³/mol. The van der Waals surface area contributed by atoms with Gasteiger partial charge >= 0.3 is 0 Å². The number of benzene rings is 2. The lowest BCUT2D eigenvalue weighted by molar-refractivity contribution is 0.0951. The second kappa shape index (κ2) is 9.78. The van der Waals surface area contributed by atoms with Crippen LogP contribution in [0.15, 0.2) is 66.9 Å². The molecule has 3 rings (SSSR count). The van der Waals surface area contributed by atoms with Gasteiger partial charge in [-0.2, -0.15) is 0 Å². The fraction of sp³-hybridized carbons (Fsp3) is 0.208. The van der Waals surface area contributed by atoms with E-state index in [1.807, 2.05) is 24.3 Å². The Bertz CT molecular complexity index is 1020. The number of anilines is 1. The molecule has 0 radical (unpaired) electrons. The first-order valence-electron chi connectivity index (χ1n) is 9.84. The highest BCUT2D eigenvalue weighted by Gasteiger charge is 2.09. The summed E-state index contributed by atoms with van der Waals surface area (Å²) in [6, 6.07) is 16.1. The van der Waals surface area contributed by atoms with Gasteiger partial charge in [0.2, 0.25) is 0 Å². The average molecular weight is 405 g/mol. The molecule has 30 heavy (non-hydrogen) atoms. The molecule has 0 bridgehead atoms. The van der Waals surface area contributed by atoms with Crippen molar-refractivity contribution in [3.8, 4) is 11.1 Å². The third-order valence-electron chi connectivity index (χ3n) is 4.58. The molecule has 3 aromatic rings. The second-order valence-electron chi connectivity index (χ2n) is 7.41. The first-order chi connectivity index (χ1) is 14.4. The van der Waals surface area contributed by atoms with Crippen molar-refractivity contribution in [2.24, 2.45) is 5.92 Å². The number of aromatic nitrogens is 1. The quantitative estimate of drug-likeness (QED) is 0.586. The molecule has 5 nitrogen and oxygen atoms in total. The Morgan fingerprint density at radius 1 is 0.933 bits per heavy atom. The van der Waals surface area contributed by atoms with E-state index in [0.29, 0.717) is 29.4 Å². The molecule has 1 heterocycles. The molecule has 6 heteroatoms. The minimum atomic E-state index is -0.398. The van der Waals surface area contributed by atoms with Crippen molar-refractivity contribution in [2.45, 2.75) is 20.3 Å². The van der Waals surface area contributed by atoms with E-state index in [-0.39, 0.29) is 11.8 Å². The van der Waals surface area contributed by atoms with E-state index >= 15 is 0 Å². The van der Waals surface area contributed by atoms with Crippen LogP contribution in [0.25, 0.3) is 11.1 Å². The zero-order valence-electron chi connectivity index (χ0n) is 17.0. The molecule has 0 saturated carbocycles. The number of halogens is 1. The highest BCUT2D eigenvalue weighted by molar-refractivity contribution is 6.03. The molecule has 0 aliphatic rings. The van der Waals surface area contributed by atoms with Crippen LogP contribution >= 0.6 is 0 Å². The molecular weight excluding hydrogens is 381 g/mol. The molecule has 2 N–H and O–H groups in total. The van der Waals surface area contributed by atoms with Crippen LogP contribution in [0.2, 0.25) is 0 Å². The van der Waals surface area contributed by atoms with E-state index in [2.05, 4.69) is 29.5 Å². The van der Waals surface area contributed by atoms with Crippen LogP contribution in [0.5, 0.6) is 0 Å². The van der Waals surface area contributed by atoms with Gasteiger partial charge in [0.25, 0.3) is 11.8 Å². The Hall–Kier alpha value is -3.54. The highest BCUT2D eigenvalue weighted by Crippen LogP contribution is 2.21. The largest absolute Gasteiger partial charge is 0.352 e. The van der Waals surface area contributed by atoms with Gasteiger partial charge in [-0.1, -0.05) is 26.0 Å². The van der Waals surface area contributed by atoms with E-state index in [9.17, 15) is 14.0 Å². The minimum Gasteiger partial charge on any atom is -0.352 e. The number of pyridine rings is 1. The number of carbonyl (C=O) groups is 2. The van der Waals surface area contributed by atoms with E-state index < -0.39 is 5.82 Å². The van der Waals surface area contributed by atoms with Gasteiger partial charge in [0.1, 0.15) is 11.6 Å². The Kier molecular flexibility index (Phi) is 6.91. The fourth-order valence-electron chi connectivity index (χ4n) is 2.84. The fourth-order valence-corrected chi connectivity index (χ4v) is 2.84. The molecule has 0 fully saturated rings. The molecule has 2 amide bonds. The Balaban J connectivity index is 1.66. The van der Waals surface area contributed by atoms with Crippen molar-refractivity contribution in [1.82, 2.24) is 10.3 Å². The van der Waals surface area contributed by atoms with Crippen LogP contribution in [0, 0.1) is 11.7 Å². The normalized spacial score (nSPS) is 10.7. The number of carbonyl (C=O) groups excluding carboxylic acids is 2. The van der Waals surface area contributed by atoms with Crippen LogP contribution in [0.4, 0.5) is 10.2 Å². The summed E-state index contributed by atoms with van der Waals surface area (Å²) in [6.45, 7) is 4.88. The van der Waals surface area contributed by atoms with Gasteiger partial charge in [-0.3, -0.25) is 9.59 Å².